The maximum Gasteiger partial charge on any atom is 0.410 e. The summed E-state index contributed by atoms with van der Waals surface area (Å²) in [5.74, 6) is 0. The Hall–Kier alpha value is -3.07. The van der Waals surface area contributed by atoms with E-state index in [0.29, 0.717) is 42.3 Å². The molecule has 3 heterocycles. The molecular formula is C26H33N5O3S. The number of hydrogen-bond acceptors (Lipinski definition) is 6. The molecule has 1 amide bonds. The fourth-order valence-corrected chi connectivity index (χ4v) is 4.85. The van der Waals surface area contributed by atoms with Crippen LogP contribution in [-0.2, 0) is 11.8 Å². The van der Waals surface area contributed by atoms with Crippen molar-refractivity contribution < 1.29 is 9.53 Å². The van der Waals surface area contributed by atoms with Gasteiger partial charge in [0, 0.05) is 26.3 Å². The van der Waals surface area contributed by atoms with Crippen LogP contribution in [0.1, 0.15) is 45.2 Å². The molecule has 0 aliphatic carbocycles. The predicted molar refractivity (Wildman–Crippen MR) is 139 cm³/mol. The van der Waals surface area contributed by atoms with Crippen LogP contribution in [0.15, 0.2) is 46.5 Å². The number of carbonyl (C=O) groups is 1. The number of rotatable bonds is 4. The van der Waals surface area contributed by atoms with Crippen LogP contribution in [0, 0.1) is 6.92 Å². The molecule has 1 aromatic carbocycles. The van der Waals surface area contributed by atoms with E-state index >= 15 is 0 Å². The lowest BCUT2D eigenvalue weighted by Gasteiger charge is -2.34. The van der Waals surface area contributed by atoms with Gasteiger partial charge in [0.1, 0.15) is 5.60 Å². The number of nitrogens with zero attached hydrogens (tertiary/aromatic N) is 5. The normalized spacial score (nSPS) is 14.9. The molecule has 4 rings (SSSR count). The van der Waals surface area contributed by atoms with Gasteiger partial charge in [-0.15, -0.1) is 0 Å². The minimum absolute atomic E-state index is 0.0361. The number of aromatic nitrogens is 4. The first-order chi connectivity index (χ1) is 16.6. The summed E-state index contributed by atoms with van der Waals surface area (Å²) in [6.45, 7) is 8.70. The zero-order valence-corrected chi connectivity index (χ0v) is 22.1. The zero-order valence-electron chi connectivity index (χ0n) is 21.2. The maximum absolute atomic E-state index is 13.9. The topological polar surface area (TPSA) is 82.3 Å². The van der Waals surface area contributed by atoms with Crippen LogP contribution in [-0.4, -0.2) is 55.3 Å². The quantitative estimate of drug-likeness (QED) is 0.378. The number of piperidine rings is 1. The van der Waals surface area contributed by atoms with Crippen molar-refractivity contribution >= 4 is 17.9 Å². The first-order valence-corrected chi connectivity index (χ1v) is 13.1. The predicted octanol–water partition coefficient (Wildman–Crippen LogP) is 4.91. The Bertz CT molecular complexity index is 1270. The number of likely N-dealkylation sites (tertiary alicyclic amines) is 1. The van der Waals surface area contributed by atoms with E-state index in [1.807, 2.05) is 80.7 Å². The molecule has 1 saturated heterocycles. The summed E-state index contributed by atoms with van der Waals surface area (Å²) in [7, 11) is 1.91. The largest absolute Gasteiger partial charge is 0.444 e. The van der Waals surface area contributed by atoms with E-state index < -0.39 is 5.60 Å². The van der Waals surface area contributed by atoms with Gasteiger partial charge in [-0.3, -0.25) is 9.48 Å². The second-order valence-corrected chi connectivity index (χ2v) is 10.7. The van der Waals surface area contributed by atoms with E-state index in [2.05, 4.69) is 4.98 Å². The monoisotopic (exact) mass is 495 g/mol. The van der Waals surface area contributed by atoms with Crippen LogP contribution < -0.4 is 5.56 Å². The van der Waals surface area contributed by atoms with Crippen LogP contribution in [0.25, 0.3) is 22.5 Å². The Kier molecular flexibility index (Phi) is 7.07. The van der Waals surface area contributed by atoms with Crippen molar-refractivity contribution in [3.8, 4) is 22.5 Å². The first kappa shape index (κ1) is 25.0. The van der Waals surface area contributed by atoms with Gasteiger partial charge >= 0.3 is 6.09 Å². The van der Waals surface area contributed by atoms with Gasteiger partial charge in [-0.1, -0.05) is 41.6 Å². The number of aryl methyl sites for hydroxylation is 1. The first-order valence-electron chi connectivity index (χ1n) is 11.8. The molecule has 0 bridgehead atoms. The van der Waals surface area contributed by atoms with Crippen molar-refractivity contribution in [2.45, 2.75) is 57.3 Å². The van der Waals surface area contributed by atoms with Gasteiger partial charge in [0.25, 0.3) is 5.56 Å². The molecule has 186 valence electrons. The SMILES string of the molecule is CSc1nccc(-c2c(-c3ccc(C)cc3)c(=O)n(C3CCN(C(=O)OC(C)(C)C)CC3)n2C)n1. The van der Waals surface area contributed by atoms with Crippen molar-refractivity contribution in [1.29, 1.82) is 0 Å². The van der Waals surface area contributed by atoms with Crippen LogP contribution in [0.3, 0.4) is 0 Å². The minimum atomic E-state index is -0.534. The molecule has 2 aromatic heterocycles. The van der Waals surface area contributed by atoms with E-state index in [0.717, 1.165) is 16.8 Å². The van der Waals surface area contributed by atoms with E-state index in [1.165, 1.54) is 11.8 Å². The summed E-state index contributed by atoms with van der Waals surface area (Å²) in [5.41, 5.74) is 3.52. The zero-order chi connectivity index (χ0) is 25.3. The highest BCUT2D eigenvalue weighted by atomic mass is 32.2. The highest BCUT2D eigenvalue weighted by Gasteiger charge is 2.31. The molecule has 0 saturated carbocycles. The van der Waals surface area contributed by atoms with Crippen molar-refractivity contribution in [2.24, 2.45) is 7.05 Å². The summed E-state index contributed by atoms with van der Waals surface area (Å²) in [6, 6.07) is 9.82. The highest BCUT2D eigenvalue weighted by molar-refractivity contribution is 7.98. The average Bonchev–Trinajstić information content (AvgIpc) is 3.08. The summed E-state index contributed by atoms with van der Waals surface area (Å²) >= 11 is 1.47. The van der Waals surface area contributed by atoms with E-state index in [9.17, 15) is 9.59 Å². The maximum atomic E-state index is 13.9. The lowest BCUT2D eigenvalue weighted by atomic mass is 10.0. The third-order valence-corrected chi connectivity index (χ3v) is 6.73. The average molecular weight is 496 g/mol. The van der Waals surface area contributed by atoms with Crippen LogP contribution >= 0.6 is 11.8 Å². The van der Waals surface area contributed by atoms with Gasteiger partial charge in [-0.2, -0.15) is 0 Å². The number of ether oxygens (including phenoxy) is 1. The molecule has 1 aliphatic heterocycles. The van der Waals surface area contributed by atoms with Crippen LogP contribution in [0.5, 0.6) is 0 Å². The summed E-state index contributed by atoms with van der Waals surface area (Å²) in [5, 5.41) is 0.656. The molecular weight excluding hydrogens is 462 g/mol. The second kappa shape index (κ2) is 9.89. The summed E-state index contributed by atoms with van der Waals surface area (Å²) in [6.07, 6.45) is 4.70. The van der Waals surface area contributed by atoms with Crippen molar-refractivity contribution in [1.82, 2.24) is 24.2 Å². The molecule has 1 fully saturated rings. The third kappa shape index (κ3) is 5.29. The van der Waals surface area contributed by atoms with Gasteiger partial charge in [-0.05, 0) is 58.4 Å². The number of hydrogen-bond donors (Lipinski definition) is 0. The molecule has 1 aliphatic rings. The number of benzene rings is 1. The Morgan fingerprint density at radius 3 is 2.37 bits per heavy atom. The van der Waals surface area contributed by atoms with Crippen LogP contribution in [0.2, 0.25) is 0 Å². The highest BCUT2D eigenvalue weighted by Crippen LogP contribution is 2.32. The van der Waals surface area contributed by atoms with Gasteiger partial charge in [0.05, 0.1) is 23.0 Å². The molecule has 35 heavy (non-hydrogen) atoms. The number of thioether (sulfide) groups is 1. The Balaban J connectivity index is 1.73. The fraction of sp³-hybridized carbons (Fsp3) is 0.462. The van der Waals surface area contributed by atoms with Gasteiger partial charge < -0.3 is 9.64 Å². The molecule has 0 unspecified atom stereocenters. The number of carbonyl (C=O) groups excluding carboxylic acids is 1. The number of amides is 1. The molecule has 0 radical (unpaired) electrons. The molecule has 3 aromatic rings. The van der Waals surface area contributed by atoms with E-state index in [1.54, 1.807) is 11.1 Å². The lowest BCUT2D eigenvalue weighted by molar-refractivity contribution is 0.0180. The van der Waals surface area contributed by atoms with Crippen LogP contribution in [0.4, 0.5) is 4.79 Å². The molecule has 0 N–H and O–H groups in total. The Morgan fingerprint density at radius 1 is 1.11 bits per heavy atom. The van der Waals surface area contributed by atoms with Gasteiger partial charge in [0.15, 0.2) is 5.16 Å². The van der Waals surface area contributed by atoms with Crippen molar-refractivity contribution in [3.63, 3.8) is 0 Å². The van der Waals surface area contributed by atoms with Gasteiger partial charge in [-0.25, -0.2) is 19.4 Å². The summed E-state index contributed by atoms with van der Waals surface area (Å²) < 4.78 is 9.29. The third-order valence-electron chi connectivity index (χ3n) is 6.17. The van der Waals surface area contributed by atoms with Gasteiger partial charge in [0.2, 0.25) is 0 Å². The molecule has 9 heteroatoms. The van der Waals surface area contributed by atoms with E-state index in [4.69, 9.17) is 9.72 Å². The standard InChI is InChI=1S/C26H33N5O3S/c1-17-7-9-18(10-8-17)21-22(20-11-14-27-24(28-20)35-6)29(5)31(23(21)32)19-12-15-30(16-13-19)25(33)34-26(2,3)4/h7-11,14,19H,12-13,15-16H2,1-6H3. The Labute approximate surface area is 210 Å². The summed E-state index contributed by atoms with van der Waals surface area (Å²) in [4.78, 5) is 37.2. The van der Waals surface area contributed by atoms with E-state index in [-0.39, 0.29) is 17.7 Å². The molecule has 0 spiro atoms. The molecule has 0 atom stereocenters. The second-order valence-electron chi connectivity index (χ2n) is 9.89. The fourth-order valence-electron chi connectivity index (χ4n) is 4.50. The molecule has 8 nitrogen and oxygen atoms in total. The smallest absolute Gasteiger partial charge is 0.410 e. The van der Waals surface area contributed by atoms with Crippen molar-refractivity contribution in [3.05, 3.63) is 52.4 Å². The minimum Gasteiger partial charge on any atom is -0.444 e. The van der Waals surface area contributed by atoms with Crippen molar-refractivity contribution in [2.75, 3.05) is 19.3 Å². The lowest BCUT2D eigenvalue weighted by Crippen LogP contribution is -2.43. The Morgan fingerprint density at radius 2 is 1.77 bits per heavy atom.